The summed E-state index contributed by atoms with van der Waals surface area (Å²) in [4.78, 5) is 1.99. The number of sulfone groups is 1. The van der Waals surface area contributed by atoms with Crippen molar-refractivity contribution >= 4 is 21.0 Å². The van der Waals surface area contributed by atoms with Gasteiger partial charge in [-0.2, -0.15) is 13.2 Å². The van der Waals surface area contributed by atoms with Gasteiger partial charge in [0.2, 0.25) is 0 Å². The topological polar surface area (TPSA) is 57.6 Å². The molecular weight excluding hydrogens is 549 g/mol. The van der Waals surface area contributed by atoms with Crippen LogP contribution in [-0.2, 0) is 16.3 Å². The summed E-state index contributed by atoms with van der Waals surface area (Å²) in [5.74, 6) is -2.12. The van der Waals surface area contributed by atoms with E-state index in [1.807, 2.05) is 18.0 Å². The molecule has 2 aromatic rings. The highest BCUT2D eigenvalue weighted by atomic mass is 32.2. The van der Waals surface area contributed by atoms with E-state index < -0.39 is 39.8 Å². The normalized spacial score (nSPS) is 14.5. The lowest BCUT2D eigenvalue weighted by molar-refractivity contribution is -0.129. The summed E-state index contributed by atoms with van der Waals surface area (Å²) < 4.78 is 88.9. The third kappa shape index (κ3) is 10.2. The standard InChI is InChI=1S/C30H38F5NO3S/c1-36(17-7-18-40(38,39)19-15-30(33,34)35)16-5-3-2-4-9-26-25-14-12-24(37)20-22(25)8-6-10-27(26)28-13-11-23(31)21-29(28)32/h11-14,20-21,37H,2-10,15-19H2,1H3. The minimum absolute atomic E-state index is 0.192. The lowest BCUT2D eigenvalue weighted by Crippen LogP contribution is -2.24. The van der Waals surface area contributed by atoms with Crippen molar-refractivity contribution in [1.82, 2.24) is 4.90 Å². The van der Waals surface area contributed by atoms with Crippen LogP contribution in [-0.4, -0.2) is 56.2 Å². The molecule has 40 heavy (non-hydrogen) atoms. The zero-order valence-electron chi connectivity index (χ0n) is 22.9. The SMILES string of the molecule is CN(CCCCCCC1=C(c2ccc(F)cc2F)CCCc2cc(O)ccc21)CCCS(=O)(=O)CCC(F)(F)F. The minimum atomic E-state index is -4.47. The summed E-state index contributed by atoms with van der Waals surface area (Å²) in [5, 5.41) is 10.00. The second kappa shape index (κ2) is 14.4. The number of hydrogen-bond acceptors (Lipinski definition) is 4. The quantitative estimate of drug-likeness (QED) is 0.183. The second-order valence-electron chi connectivity index (χ2n) is 10.6. The molecule has 0 aliphatic heterocycles. The van der Waals surface area contributed by atoms with E-state index >= 15 is 0 Å². The fraction of sp³-hybridized carbons (Fsp3) is 0.533. The minimum Gasteiger partial charge on any atom is -0.508 e. The lowest BCUT2D eigenvalue weighted by Gasteiger charge is -2.18. The zero-order chi connectivity index (χ0) is 29.3. The molecule has 0 unspecified atom stereocenters. The summed E-state index contributed by atoms with van der Waals surface area (Å²) in [5.41, 5.74) is 4.35. The first-order valence-corrected chi connectivity index (χ1v) is 15.6. The summed E-state index contributed by atoms with van der Waals surface area (Å²) in [6.45, 7) is 1.24. The Hall–Kier alpha value is -2.46. The predicted octanol–water partition coefficient (Wildman–Crippen LogP) is 7.56. The molecule has 0 aromatic heterocycles. The fourth-order valence-electron chi connectivity index (χ4n) is 5.24. The Labute approximate surface area is 233 Å². The van der Waals surface area contributed by atoms with E-state index in [9.17, 15) is 35.5 Å². The molecule has 1 aliphatic carbocycles. The number of phenols is 1. The Morgan fingerprint density at radius 3 is 2.30 bits per heavy atom. The highest BCUT2D eigenvalue weighted by molar-refractivity contribution is 7.91. The molecule has 0 bridgehead atoms. The van der Waals surface area contributed by atoms with E-state index in [2.05, 4.69) is 0 Å². The number of allylic oxidation sites excluding steroid dienone is 2. The fourth-order valence-corrected chi connectivity index (χ4v) is 6.56. The van der Waals surface area contributed by atoms with Crippen LogP contribution in [0.1, 0.15) is 74.5 Å². The van der Waals surface area contributed by atoms with Crippen molar-refractivity contribution in [2.45, 2.75) is 70.4 Å². The van der Waals surface area contributed by atoms with Gasteiger partial charge in [-0.05, 0) is 112 Å². The Bertz CT molecular complexity index is 1270. The van der Waals surface area contributed by atoms with Gasteiger partial charge in [0.1, 0.15) is 17.4 Å². The molecule has 1 N–H and O–H groups in total. The van der Waals surface area contributed by atoms with Crippen molar-refractivity contribution in [3.63, 3.8) is 0 Å². The predicted molar refractivity (Wildman–Crippen MR) is 149 cm³/mol. The molecular formula is C30H38F5NO3S. The maximum Gasteiger partial charge on any atom is 0.390 e. The number of aryl methyl sites for hydroxylation is 1. The van der Waals surface area contributed by atoms with Crippen LogP contribution in [0.2, 0.25) is 0 Å². The van der Waals surface area contributed by atoms with E-state index in [0.29, 0.717) is 24.9 Å². The van der Waals surface area contributed by atoms with E-state index in [1.54, 1.807) is 12.1 Å². The van der Waals surface area contributed by atoms with E-state index in [4.69, 9.17) is 0 Å². The van der Waals surface area contributed by atoms with Crippen LogP contribution >= 0.6 is 0 Å². The lowest BCUT2D eigenvalue weighted by atomic mass is 9.88. The van der Waals surface area contributed by atoms with Gasteiger partial charge in [-0.15, -0.1) is 0 Å². The highest BCUT2D eigenvalue weighted by Crippen LogP contribution is 2.40. The summed E-state index contributed by atoms with van der Waals surface area (Å²) in [6.07, 6.45) is 1.06. The van der Waals surface area contributed by atoms with Gasteiger partial charge in [-0.25, -0.2) is 17.2 Å². The highest BCUT2D eigenvalue weighted by Gasteiger charge is 2.29. The second-order valence-corrected chi connectivity index (χ2v) is 12.9. The molecule has 0 heterocycles. The maximum atomic E-state index is 14.8. The van der Waals surface area contributed by atoms with Gasteiger partial charge in [-0.1, -0.05) is 18.9 Å². The first-order chi connectivity index (χ1) is 18.8. The number of phenolic OH excluding ortho intramolecular Hbond substituents is 1. The number of benzene rings is 2. The van der Waals surface area contributed by atoms with Crippen molar-refractivity contribution in [2.75, 3.05) is 31.6 Å². The Balaban J connectivity index is 1.52. The monoisotopic (exact) mass is 587 g/mol. The first kappa shape index (κ1) is 32.1. The van der Waals surface area contributed by atoms with E-state index in [-0.39, 0.29) is 11.5 Å². The van der Waals surface area contributed by atoms with Crippen molar-refractivity contribution in [3.05, 3.63) is 64.7 Å². The maximum absolute atomic E-state index is 14.8. The van der Waals surface area contributed by atoms with Gasteiger partial charge >= 0.3 is 6.18 Å². The molecule has 10 heteroatoms. The van der Waals surface area contributed by atoms with Crippen LogP contribution in [0.15, 0.2) is 36.4 Å². The van der Waals surface area contributed by atoms with Gasteiger partial charge in [0, 0.05) is 11.6 Å². The zero-order valence-corrected chi connectivity index (χ0v) is 23.7. The molecule has 0 amide bonds. The third-order valence-corrected chi connectivity index (χ3v) is 9.05. The molecule has 0 radical (unpaired) electrons. The molecule has 0 saturated heterocycles. The van der Waals surface area contributed by atoms with Crippen LogP contribution in [0.3, 0.4) is 0 Å². The molecule has 0 saturated carbocycles. The van der Waals surface area contributed by atoms with Crippen LogP contribution in [0, 0.1) is 11.6 Å². The molecule has 222 valence electrons. The van der Waals surface area contributed by atoms with Crippen LogP contribution in [0.4, 0.5) is 22.0 Å². The molecule has 3 rings (SSSR count). The van der Waals surface area contributed by atoms with Crippen LogP contribution < -0.4 is 0 Å². The average molecular weight is 588 g/mol. The number of nitrogens with zero attached hydrogens (tertiary/aromatic N) is 1. The van der Waals surface area contributed by atoms with Crippen LogP contribution in [0.25, 0.3) is 11.1 Å². The Morgan fingerprint density at radius 2 is 1.57 bits per heavy atom. The molecule has 2 aromatic carbocycles. The largest absolute Gasteiger partial charge is 0.508 e. The number of alkyl halides is 3. The molecule has 0 fully saturated rings. The molecule has 4 nitrogen and oxygen atoms in total. The Kier molecular flexibility index (Phi) is 11.6. The molecule has 0 spiro atoms. The van der Waals surface area contributed by atoms with Gasteiger partial charge in [0.15, 0.2) is 9.84 Å². The summed E-state index contributed by atoms with van der Waals surface area (Å²) in [7, 11) is -1.85. The van der Waals surface area contributed by atoms with Crippen LogP contribution in [0.5, 0.6) is 5.75 Å². The van der Waals surface area contributed by atoms with Crippen molar-refractivity contribution < 1.29 is 35.5 Å². The van der Waals surface area contributed by atoms with Gasteiger partial charge in [0.25, 0.3) is 0 Å². The smallest absolute Gasteiger partial charge is 0.390 e. The van der Waals surface area contributed by atoms with E-state index in [0.717, 1.165) is 79.8 Å². The van der Waals surface area contributed by atoms with Crippen molar-refractivity contribution in [2.24, 2.45) is 0 Å². The third-order valence-electron chi connectivity index (χ3n) is 7.32. The van der Waals surface area contributed by atoms with Crippen molar-refractivity contribution in [1.29, 1.82) is 0 Å². The number of aromatic hydroxyl groups is 1. The molecule has 1 aliphatic rings. The molecule has 0 atom stereocenters. The van der Waals surface area contributed by atoms with Crippen molar-refractivity contribution in [3.8, 4) is 5.75 Å². The Morgan fingerprint density at radius 1 is 0.875 bits per heavy atom. The number of unbranched alkanes of at least 4 members (excludes halogenated alkanes) is 3. The summed E-state index contributed by atoms with van der Waals surface area (Å²) in [6, 6.07) is 8.97. The number of hydrogen-bond donors (Lipinski definition) is 1. The first-order valence-electron chi connectivity index (χ1n) is 13.8. The van der Waals surface area contributed by atoms with E-state index in [1.165, 1.54) is 12.1 Å². The number of halogens is 5. The summed E-state index contributed by atoms with van der Waals surface area (Å²) >= 11 is 0. The van der Waals surface area contributed by atoms with Gasteiger partial charge < -0.3 is 10.0 Å². The van der Waals surface area contributed by atoms with Gasteiger partial charge in [-0.3, -0.25) is 0 Å². The average Bonchev–Trinajstić information content (AvgIpc) is 3.03. The van der Waals surface area contributed by atoms with Gasteiger partial charge in [0.05, 0.1) is 17.9 Å². The number of rotatable bonds is 14. The number of fused-ring (bicyclic) bond motifs is 1.